The molecule has 2 aromatic rings. The Morgan fingerprint density at radius 2 is 1.45 bits per heavy atom. The van der Waals surface area contributed by atoms with E-state index in [0.717, 1.165) is 17.7 Å². The highest BCUT2D eigenvalue weighted by Crippen LogP contribution is 2.48. The van der Waals surface area contributed by atoms with Crippen molar-refractivity contribution in [1.82, 2.24) is 4.90 Å². The maximum absolute atomic E-state index is 13.3. The van der Waals surface area contributed by atoms with Crippen LogP contribution in [-0.2, 0) is 9.59 Å². The molecule has 29 heavy (non-hydrogen) atoms. The highest BCUT2D eigenvalue weighted by Gasteiger charge is 2.64. The molecule has 0 radical (unpaired) electrons. The number of hydrogen-bond acceptors (Lipinski definition) is 4. The summed E-state index contributed by atoms with van der Waals surface area (Å²) >= 11 is 0. The highest BCUT2D eigenvalue weighted by atomic mass is 19.1. The number of halogens is 2. The summed E-state index contributed by atoms with van der Waals surface area (Å²) < 4.78 is 26.6. The van der Waals surface area contributed by atoms with Crippen LogP contribution in [0.2, 0.25) is 0 Å². The lowest BCUT2D eigenvalue weighted by Gasteiger charge is -2.27. The monoisotopic (exact) mass is 396 g/mol. The van der Waals surface area contributed by atoms with Crippen molar-refractivity contribution in [3.8, 4) is 0 Å². The lowest BCUT2D eigenvalue weighted by molar-refractivity contribution is -0.123. The lowest BCUT2D eigenvalue weighted by atomic mass is 9.85. The minimum Gasteiger partial charge on any atom is -0.292 e. The van der Waals surface area contributed by atoms with Crippen LogP contribution in [0, 0.1) is 23.5 Å². The fourth-order valence-corrected chi connectivity index (χ4v) is 5.14. The van der Waals surface area contributed by atoms with E-state index in [0.29, 0.717) is 17.8 Å². The van der Waals surface area contributed by atoms with Gasteiger partial charge in [0.1, 0.15) is 11.6 Å². The fraction of sp³-hybridized carbons (Fsp3) is 0.318. The summed E-state index contributed by atoms with van der Waals surface area (Å²) in [6.07, 6.45) is 1.59. The highest BCUT2D eigenvalue weighted by molar-refractivity contribution is 6.24. The molecule has 0 N–H and O–H groups in total. The van der Waals surface area contributed by atoms with Gasteiger partial charge in [0, 0.05) is 11.6 Å². The Bertz CT molecular complexity index is 1010. The number of nitrogens with zero attached hydrogens (tertiary/aromatic N) is 2. The Kier molecular flexibility index (Phi) is 4.10. The van der Waals surface area contributed by atoms with Gasteiger partial charge in [0.2, 0.25) is 11.8 Å². The lowest BCUT2D eigenvalue weighted by Crippen LogP contribution is -2.46. The van der Waals surface area contributed by atoms with Crippen molar-refractivity contribution in [3.63, 3.8) is 0 Å². The zero-order chi connectivity index (χ0) is 20.3. The number of imide groups is 1. The molecule has 0 spiro atoms. The first-order chi connectivity index (χ1) is 14.0. The van der Waals surface area contributed by atoms with Gasteiger partial charge >= 0.3 is 0 Å². The standard InChI is InChI=1S/C22H18F2N2O3/c23-13-5-3-12(4-6-13)20(27)19-18-17(16-2-1-11-25(16)19)21(28)26(22(18)29)15-9-7-14(24)8-10-15/h3-10,16-19H,1-2,11H2/t16-,17+,18-,19+/m1/s1. The SMILES string of the molecule is O=C(c1ccc(F)cc1)[C@@H]1[C@@H]2C(=O)N(c3ccc(F)cc3)C(=O)[C@H]2[C@H]2CCCN21. The van der Waals surface area contributed by atoms with Crippen LogP contribution in [-0.4, -0.2) is 41.1 Å². The minimum absolute atomic E-state index is 0.170. The molecule has 3 heterocycles. The first kappa shape index (κ1) is 18.1. The molecule has 148 valence electrons. The van der Waals surface area contributed by atoms with E-state index in [-0.39, 0.29) is 17.7 Å². The van der Waals surface area contributed by atoms with E-state index >= 15 is 0 Å². The summed E-state index contributed by atoms with van der Waals surface area (Å²) in [5.41, 5.74) is 0.636. The third kappa shape index (κ3) is 2.64. The van der Waals surface area contributed by atoms with Crippen LogP contribution in [0.4, 0.5) is 14.5 Å². The van der Waals surface area contributed by atoms with Gasteiger partial charge in [-0.1, -0.05) is 0 Å². The Labute approximate surface area is 165 Å². The molecular formula is C22H18F2N2O3. The number of carbonyl (C=O) groups excluding carboxylic acids is 3. The van der Waals surface area contributed by atoms with Crippen molar-refractivity contribution < 1.29 is 23.2 Å². The molecule has 0 bridgehead atoms. The molecule has 3 aliphatic heterocycles. The molecule has 3 saturated heterocycles. The molecule has 3 fully saturated rings. The van der Waals surface area contributed by atoms with E-state index in [1.165, 1.54) is 48.5 Å². The maximum atomic E-state index is 13.3. The summed E-state index contributed by atoms with van der Waals surface area (Å²) in [6.45, 7) is 0.645. The molecule has 2 amide bonds. The average molecular weight is 396 g/mol. The van der Waals surface area contributed by atoms with Crippen molar-refractivity contribution in [2.75, 3.05) is 11.4 Å². The van der Waals surface area contributed by atoms with E-state index < -0.39 is 35.4 Å². The number of carbonyl (C=O) groups is 3. The second-order valence-electron chi connectivity index (χ2n) is 7.80. The Morgan fingerprint density at radius 3 is 2.10 bits per heavy atom. The number of Topliss-reactive ketones (excluding diaryl/α,β-unsaturated/α-hetero) is 1. The molecule has 2 aromatic carbocycles. The number of ketones is 1. The Hall–Kier alpha value is -2.93. The second-order valence-corrected chi connectivity index (χ2v) is 7.80. The van der Waals surface area contributed by atoms with Gasteiger partial charge in [0.15, 0.2) is 5.78 Å². The number of hydrogen-bond donors (Lipinski definition) is 0. The van der Waals surface area contributed by atoms with Gasteiger partial charge in [-0.05, 0) is 67.9 Å². The van der Waals surface area contributed by atoms with Crippen molar-refractivity contribution in [1.29, 1.82) is 0 Å². The first-order valence-electron chi connectivity index (χ1n) is 9.66. The van der Waals surface area contributed by atoms with Crippen LogP contribution in [0.1, 0.15) is 23.2 Å². The van der Waals surface area contributed by atoms with Gasteiger partial charge in [-0.15, -0.1) is 0 Å². The van der Waals surface area contributed by atoms with Crippen LogP contribution in [0.3, 0.4) is 0 Å². The van der Waals surface area contributed by atoms with Crippen LogP contribution < -0.4 is 4.90 Å². The topological polar surface area (TPSA) is 57.7 Å². The van der Waals surface area contributed by atoms with Crippen molar-refractivity contribution in [2.45, 2.75) is 24.9 Å². The van der Waals surface area contributed by atoms with Crippen molar-refractivity contribution in [3.05, 3.63) is 65.7 Å². The van der Waals surface area contributed by atoms with E-state index in [1.54, 1.807) is 0 Å². The summed E-state index contributed by atoms with van der Waals surface area (Å²) in [7, 11) is 0. The van der Waals surface area contributed by atoms with Gasteiger partial charge in [-0.3, -0.25) is 19.3 Å². The summed E-state index contributed by atoms with van der Waals surface area (Å²) in [5, 5.41) is 0. The van der Waals surface area contributed by atoms with Gasteiger partial charge in [0.05, 0.1) is 23.6 Å². The van der Waals surface area contributed by atoms with E-state index in [1.807, 2.05) is 4.90 Å². The van der Waals surface area contributed by atoms with Gasteiger partial charge in [0.25, 0.3) is 0 Å². The maximum Gasteiger partial charge on any atom is 0.239 e. The van der Waals surface area contributed by atoms with E-state index in [4.69, 9.17) is 0 Å². The number of amides is 2. The van der Waals surface area contributed by atoms with Crippen LogP contribution in [0.15, 0.2) is 48.5 Å². The molecule has 0 aliphatic carbocycles. The molecule has 4 atom stereocenters. The third-order valence-corrected chi connectivity index (χ3v) is 6.33. The molecule has 3 aliphatic rings. The summed E-state index contributed by atoms with van der Waals surface area (Å²) in [6, 6.07) is 9.53. The fourth-order valence-electron chi connectivity index (χ4n) is 5.14. The number of fused-ring (bicyclic) bond motifs is 3. The molecule has 0 saturated carbocycles. The van der Waals surface area contributed by atoms with Crippen molar-refractivity contribution in [2.24, 2.45) is 11.8 Å². The third-order valence-electron chi connectivity index (χ3n) is 6.33. The smallest absolute Gasteiger partial charge is 0.239 e. The van der Waals surface area contributed by atoms with Gasteiger partial charge < -0.3 is 0 Å². The summed E-state index contributed by atoms with van der Waals surface area (Å²) in [5.74, 6) is -3.32. The number of anilines is 1. The van der Waals surface area contributed by atoms with Crippen LogP contribution in [0.25, 0.3) is 0 Å². The van der Waals surface area contributed by atoms with Gasteiger partial charge in [-0.25, -0.2) is 13.7 Å². The predicted molar refractivity (Wildman–Crippen MR) is 100 cm³/mol. The van der Waals surface area contributed by atoms with Crippen molar-refractivity contribution >= 4 is 23.3 Å². The first-order valence-corrected chi connectivity index (χ1v) is 9.66. The van der Waals surface area contributed by atoms with Crippen LogP contribution in [0.5, 0.6) is 0 Å². The number of benzene rings is 2. The summed E-state index contributed by atoms with van der Waals surface area (Å²) in [4.78, 5) is 42.8. The molecule has 0 aromatic heterocycles. The normalized spacial score (nSPS) is 28.7. The molecule has 5 rings (SSSR count). The van der Waals surface area contributed by atoms with Gasteiger partial charge in [-0.2, -0.15) is 0 Å². The molecule has 5 nitrogen and oxygen atoms in total. The number of rotatable bonds is 3. The van der Waals surface area contributed by atoms with Crippen LogP contribution >= 0.6 is 0 Å². The quantitative estimate of drug-likeness (QED) is 0.591. The molecular weight excluding hydrogens is 378 g/mol. The molecule has 7 heteroatoms. The second kappa shape index (κ2) is 6.56. The largest absolute Gasteiger partial charge is 0.292 e. The predicted octanol–water partition coefficient (Wildman–Crippen LogP) is 2.80. The minimum atomic E-state index is -0.782. The molecule has 0 unspecified atom stereocenters. The zero-order valence-electron chi connectivity index (χ0n) is 15.4. The van der Waals surface area contributed by atoms with E-state index in [9.17, 15) is 23.2 Å². The zero-order valence-corrected chi connectivity index (χ0v) is 15.4. The average Bonchev–Trinajstić information content (AvgIpc) is 3.35. The Morgan fingerprint density at radius 1 is 0.862 bits per heavy atom. The van der Waals surface area contributed by atoms with E-state index in [2.05, 4.69) is 0 Å². The Balaban J connectivity index is 1.54.